The fraction of sp³-hybridized carbons (Fsp3) is 0.333. The number of amides is 1. The van der Waals surface area contributed by atoms with Crippen LogP contribution in [0.5, 0.6) is 0 Å². The maximum Gasteiger partial charge on any atom is 0.416 e. The lowest BCUT2D eigenvalue weighted by atomic mass is 9.88. The summed E-state index contributed by atoms with van der Waals surface area (Å²) in [7, 11) is 0. The van der Waals surface area contributed by atoms with E-state index < -0.39 is 17.6 Å². The van der Waals surface area contributed by atoms with E-state index in [2.05, 4.69) is 16.4 Å². The van der Waals surface area contributed by atoms with Crippen LogP contribution in [0.2, 0.25) is 0 Å². The van der Waals surface area contributed by atoms with Crippen LogP contribution < -0.4 is 5.32 Å². The summed E-state index contributed by atoms with van der Waals surface area (Å²) in [5.74, 6) is -0.692. The van der Waals surface area contributed by atoms with E-state index in [4.69, 9.17) is 4.74 Å². The zero-order chi connectivity index (χ0) is 20.1. The van der Waals surface area contributed by atoms with Gasteiger partial charge in [0.2, 0.25) is 0 Å². The largest absolute Gasteiger partial charge is 0.465 e. The molecular weight excluding hydrogens is 369 g/mol. The highest BCUT2D eigenvalue weighted by atomic mass is 19.4. The minimum Gasteiger partial charge on any atom is -0.465 e. The highest BCUT2D eigenvalue weighted by Gasteiger charge is 2.31. The first-order valence-corrected chi connectivity index (χ1v) is 9.15. The molecule has 0 bridgehead atoms. The molecule has 7 heteroatoms. The van der Waals surface area contributed by atoms with Gasteiger partial charge in [0.15, 0.2) is 0 Å². The van der Waals surface area contributed by atoms with Crippen molar-refractivity contribution in [1.29, 1.82) is 0 Å². The second kappa shape index (κ2) is 8.46. The zero-order valence-corrected chi connectivity index (χ0v) is 15.4. The normalized spacial score (nSPS) is 17.0. The van der Waals surface area contributed by atoms with Crippen molar-refractivity contribution in [3.8, 4) is 0 Å². The van der Waals surface area contributed by atoms with Crippen molar-refractivity contribution in [2.75, 3.05) is 6.61 Å². The second-order valence-corrected chi connectivity index (χ2v) is 6.51. The number of carbonyl (C=O) groups excluding carboxylic acids is 1. The van der Waals surface area contributed by atoms with Crippen molar-refractivity contribution >= 4 is 11.9 Å². The van der Waals surface area contributed by atoms with Gasteiger partial charge in [-0.25, -0.2) is 4.99 Å². The standard InChI is InChI=1S/C21H21F3N2O2/c1-2-28-20(25-18-12-6-8-14-7-3-4-11-17(14)18)26-19(27)15-9-5-10-16(13-15)21(22,23)24/h3-5,7,9-11,13,18H,2,6,8,12H2,1H3,(H,25,26,27)/t18-/m1/s1. The third-order valence-electron chi connectivity index (χ3n) is 4.56. The number of hydrogen-bond donors (Lipinski definition) is 1. The number of nitrogens with zero attached hydrogens (tertiary/aromatic N) is 1. The van der Waals surface area contributed by atoms with Crippen molar-refractivity contribution in [2.45, 2.75) is 38.4 Å². The van der Waals surface area contributed by atoms with Gasteiger partial charge in [-0.2, -0.15) is 13.2 Å². The molecule has 1 atom stereocenters. The number of carbonyl (C=O) groups is 1. The molecule has 4 nitrogen and oxygen atoms in total. The molecule has 0 fully saturated rings. The molecule has 0 saturated carbocycles. The van der Waals surface area contributed by atoms with Crippen LogP contribution in [0.1, 0.15) is 52.9 Å². The minimum atomic E-state index is -4.51. The smallest absolute Gasteiger partial charge is 0.416 e. The van der Waals surface area contributed by atoms with Gasteiger partial charge in [-0.3, -0.25) is 10.1 Å². The van der Waals surface area contributed by atoms with Gasteiger partial charge < -0.3 is 4.74 Å². The molecule has 1 amide bonds. The van der Waals surface area contributed by atoms with E-state index in [9.17, 15) is 18.0 Å². The molecule has 0 aliphatic heterocycles. The van der Waals surface area contributed by atoms with E-state index in [-0.39, 0.29) is 24.2 Å². The Morgan fingerprint density at radius 3 is 2.75 bits per heavy atom. The molecule has 2 aromatic rings. The SMILES string of the molecule is CCOC(=N[C@@H]1CCCc2ccccc21)NC(=O)c1cccc(C(F)(F)F)c1. The predicted octanol–water partition coefficient (Wildman–Crippen LogP) is 4.91. The number of fused-ring (bicyclic) bond motifs is 1. The molecule has 0 heterocycles. The molecule has 0 unspecified atom stereocenters. The molecule has 0 radical (unpaired) electrons. The lowest BCUT2D eigenvalue weighted by Gasteiger charge is -2.23. The monoisotopic (exact) mass is 390 g/mol. The Morgan fingerprint density at radius 2 is 2.00 bits per heavy atom. The molecule has 0 saturated heterocycles. The van der Waals surface area contributed by atoms with Crippen LogP contribution in [0.15, 0.2) is 53.5 Å². The van der Waals surface area contributed by atoms with Crippen molar-refractivity contribution in [3.05, 3.63) is 70.8 Å². The molecule has 0 spiro atoms. The maximum absolute atomic E-state index is 12.9. The topological polar surface area (TPSA) is 50.7 Å². The van der Waals surface area contributed by atoms with Gasteiger partial charge in [0.1, 0.15) is 0 Å². The minimum absolute atomic E-state index is 0.0200. The molecular formula is C21H21F3N2O2. The molecule has 28 heavy (non-hydrogen) atoms. The van der Waals surface area contributed by atoms with E-state index in [0.717, 1.165) is 37.0 Å². The van der Waals surface area contributed by atoms with Crippen LogP contribution in [-0.4, -0.2) is 18.5 Å². The quantitative estimate of drug-likeness (QED) is 0.598. The lowest BCUT2D eigenvalue weighted by molar-refractivity contribution is -0.137. The molecule has 1 N–H and O–H groups in total. The molecule has 2 aromatic carbocycles. The molecule has 148 valence electrons. The maximum atomic E-state index is 12.9. The van der Waals surface area contributed by atoms with E-state index in [1.807, 2.05) is 18.2 Å². The Bertz CT molecular complexity index is 878. The summed E-state index contributed by atoms with van der Waals surface area (Å²) < 4.78 is 44.1. The van der Waals surface area contributed by atoms with Crippen molar-refractivity contribution < 1.29 is 22.7 Å². The van der Waals surface area contributed by atoms with Gasteiger partial charge in [0, 0.05) is 5.56 Å². The van der Waals surface area contributed by atoms with Crippen LogP contribution in [-0.2, 0) is 17.3 Å². The average molecular weight is 390 g/mol. The van der Waals surface area contributed by atoms with Gasteiger partial charge >= 0.3 is 6.18 Å². The number of nitrogens with one attached hydrogen (secondary N) is 1. The van der Waals surface area contributed by atoms with Crippen molar-refractivity contribution in [1.82, 2.24) is 5.32 Å². The van der Waals surface area contributed by atoms with Crippen molar-refractivity contribution in [3.63, 3.8) is 0 Å². The first kappa shape index (κ1) is 19.9. The molecule has 0 aromatic heterocycles. The third kappa shape index (κ3) is 4.71. The van der Waals surface area contributed by atoms with E-state index in [0.29, 0.717) is 0 Å². The first-order valence-electron chi connectivity index (χ1n) is 9.15. The number of alkyl halides is 3. The van der Waals surface area contributed by atoms with Gasteiger partial charge in [-0.15, -0.1) is 0 Å². The summed E-state index contributed by atoms with van der Waals surface area (Å²) >= 11 is 0. The number of rotatable bonds is 3. The lowest BCUT2D eigenvalue weighted by Crippen LogP contribution is -2.33. The Labute approximate surface area is 161 Å². The fourth-order valence-electron chi connectivity index (χ4n) is 3.25. The Kier molecular flexibility index (Phi) is 6.02. The van der Waals surface area contributed by atoms with E-state index >= 15 is 0 Å². The fourth-order valence-corrected chi connectivity index (χ4v) is 3.25. The van der Waals surface area contributed by atoms with Crippen LogP contribution in [0.4, 0.5) is 13.2 Å². The summed E-state index contributed by atoms with van der Waals surface area (Å²) in [4.78, 5) is 17.0. The number of ether oxygens (including phenoxy) is 1. The van der Waals surface area contributed by atoms with E-state index in [1.54, 1.807) is 6.92 Å². The number of aryl methyl sites for hydroxylation is 1. The highest BCUT2D eigenvalue weighted by Crippen LogP contribution is 2.32. The highest BCUT2D eigenvalue weighted by molar-refractivity contribution is 6.04. The Balaban J connectivity index is 1.82. The van der Waals surface area contributed by atoms with Gasteiger partial charge in [-0.1, -0.05) is 30.3 Å². The molecule has 1 aliphatic rings. The number of benzene rings is 2. The number of aliphatic imine (C=N–C) groups is 1. The van der Waals surface area contributed by atoms with Crippen LogP contribution in [0.3, 0.4) is 0 Å². The van der Waals surface area contributed by atoms with Crippen LogP contribution >= 0.6 is 0 Å². The van der Waals surface area contributed by atoms with Gasteiger partial charge in [0.25, 0.3) is 11.9 Å². The number of amidine groups is 1. The van der Waals surface area contributed by atoms with Gasteiger partial charge in [-0.05, 0) is 55.5 Å². The Hall–Kier alpha value is -2.83. The molecule has 3 rings (SSSR count). The zero-order valence-electron chi connectivity index (χ0n) is 15.4. The van der Waals surface area contributed by atoms with Crippen LogP contribution in [0.25, 0.3) is 0 Å². The summed E-state index contributed by atoms with van der Waals surface area (Å²) in [5, 5.41) is 2.51. The summed E-state index contributed by atoms with van der Waals surface area (Å²) in [5.41, 5.74) is 1.31. The average Bonchev–Trinajstić information content (AvgIpc) is 2.68. The summed E-state index contributed by atoms with van der Waals surface area (Å²) in [6, 6.07) is 12.1. The summed E-state index contributed by atoms with van der Waals surface area (Å²) in [6.07, 6.45) is -1.76. The van der Waals surface area contributed by atoms with Gasteiger partial charge in [0.05, 0.1) is 18.2 Å². The number of halogens is 3. The first-order chi connectivity index (χ1) is 13.4. The molecule has 1 aliphatic carbocycles. The third-order valence-corrected chi connectivity index (χ3v) is 4.56. The Morgan fingerprint density at radius 1 is 1.21 bits per heavy atom. The van der Waals surface area contributed by atoms with Crippen molar-refractivity contribution in [2.24, 2.45) is 4.99 Å². The number of hydrogen-bond acceptors (Lipinski definition) is 3. The van der Waals surface area contributed by atoms with E-state index in [1.165, 1.54) is 17.7 Å². The second-order valence-electron chi connectivity index (χ2n) is 6.51. The summed E-state index contributed by atoms with van der Waals surface area (Å²) in [6.45, 7) is 2.02. The van der Waals surface area contributed by atoms with Crippen LogP contribution in [0, 0.1) is 0 Å². The predicted molar refractivity (Wildman–Crippen MR) is 100 cm³/mol.